The minimum absolute atomic E-state index is 0.0755. The van der Waals surface area contributed by atoms with Gasteiger partial charge in [0.25, 0.3) is 0 Å². The number of nitrogens with zero attached hydrogens (tertiary/aromatic N) is 2. The number of piperidine rings is 1. The van der Waals surface area contributed by atoms with Gasteiger partial charge in [0.2, 0.25) is 5.91 Å². The van der Waals surface area contributed by atoms with Crippen molar-refractivity contribution < 1.29 is 9.18 Å². The zero-order valence-corrected chi connectivity index (χ0v) is 14.5. The van der Waals surface area contributed by atoms with E-state index < -0.39 is 0 Å². The van der Waals surface area contributed by atoms with E-state index in [2.05, 4.69) is 15.2 Å². The maximum Gasteiger partial charge on any atom is 0.220 e. The molecule has 5 heteroatoms. The summed E-state index contributed by atoms with van der Waals surface area (Å²) in [6.07, 6.45) is 6.70. The number of nitrogens with one attached hydrogen (secondary N) is 1. The van der Waals surface area contributed by atoms with Gasteiger partial charge in [-0.25, -0.2) is 4.39 Å². The molecule has 1 aliphatic heterocycles. The van der Waals surface area contributed by atoms with Gasteiger partial charge < -0.3 is 10.2 Å². The zero-order valence-electron chi connectivity index (χ0n) is 14.5. The highest BCUT2D eigenvalue weighted by Gasteiger charge is 2.22. The number of anilines is 1. The average Bonchev–Trinajstić information content (AvgIpc) is 2.61. The summed E-state index contributed by atoms with van der Waals surface area (Å²) in [5.74, 6) is -0.134. The fraction of sp³-hybridized carbons (Fsp3) is 0.400. The van der Waals surface area contributed by atoms with Crippen LogP contribution >= 0.6 is 0 Å². The van der Waals surface area contributed by atoms with Gasteiger partial charge in [0.1, 0.15) is 5.82 Å². The lowest BCUT2D eigenvalue weighted by atomic mass is 10.0. The average molecular weight is 341 g/mol. The molecule has 0 spiro atoms. The van der Waals surface area contributed by atoms with E-state index in [4.69, 9.17) is 0 Å². The first-order valence-corrected chi connectivity index (χ1v) is 8.81. The van der Waals surface area contributed by atoms with E-state index in [9.17, 15) is 9.18 Å². The number of hydrogen-bond acceptors (Lipinski definition) is 3. The Bertz CT molecular complexity index is 720. The van der Waals surface area contributed by atoms with Crippen molar-refractivity contribution >= 4 is 11.6 Å². The Labute approximate surface area is 148 Å². The molecule has 0 saturated carbocycles. The number of rotatable bonds is 5. The van der Waals surface area contributed by atoms with Crippen molar-refractivity contribution in [3.8, 4) is 0 Å². The summed E-state index contributed by atoms with van der Waals surface area (Å²) in [6, 6.07) is 8.90. The topological polar surface area (TPSA) is 45.2 Å². The third-order valence-corrected chi connectivity index (χ3v) is 4.65. The number of aromatic nitrogens is 1. The number of benzene rings is 1. The lowest BCUT2D eigenvalue weighted by Gasteiger charge is -2.35. The van der Waals surface area contributed by atoms with Crippen molar-refractivity contribution in [1.29, 1.82) is 0 Å². The summed E-state index contributed by atoms with van der Waals surface area (Å²) in [6.45, 7) is 3.63. The lowest BCUT2D eigenvalue weighted by Crippen LogP contribution is -2.48. The summed E-state index contributed by atoms with van der Waals surface area (Å²) in [4.78, 5) is 18.6. The maximum absolute atomic E-state index is 13.3. The summed E-state index contributed by atoms with van der Waals surface area (Å²) < 4.78 is 13.3. The quantitative estimate of drug-likeness (QED) is 0.908. The van der Waals surface area contributed by atoms with E-state index in [1.165, 1.54) is 6.07 Å². The molecule has 0 bridgehead atoms. The highest BCUT2D eigenvalue weighted by molar-refractivity contribution is 5.76. The Morgan fingerprint density at radius 3 is 3.04 bits per heavy atom. The van der Waals surface area contributed by atoms with Gasteiger partial charge in [0, 0.05) is 43.6 Å². The van der Waals surface area contributed by atoms with E-state index in [1.54, 1.807) is 18.5 Å². The fourth-order valence-corrected chi connectivity index (χ4v) is 3.39. The van der Waals surface area contributed by atoms with Crippen molar-refractivity contribution in [3.63, 3.8) is 0 Å². The molecule has 0 unspecified atom stereocenters. The normalized spacial score (nSPS) is 17.4. The molecule has 3 rings (SSSR count). The molecule has 0 radical (unpaired) electrons. The predicted molar refractivity (Wildman–Crippen MR) is 97.1 cm³/mol. The summed E-state index contributed by atoms with van der Waals surface area (Å²) in [7, 11) is 0. The van der Waals surface area contributed by atoms with Crippen molar-refractivity contribution in [1.82, 2.24) is 10.3 Å². The second kappa shape index (κ2) is 8.10. The van der Waals surface area contributed by atoms with Crippen LogP contribution in [0.1, 0.15) is 30.4 Å². The smallest absolute Gasteiger partial charge is 0.220 e. The molecule has 1 fully saturated rings. The van der Waals surface area contributed by atoms with Crippen LogP contribution in [0.25, 0.3) is 0 Å². The molecule has 25 heavy (non-hydrogen) atoms. The van der Waals surface area contributed by atoms with Gasteiger partial charge in [0.15, 0.2) is 0 Å². The molecule has 1 aromatic carbocycles. The van der Waals surface area contributed by atoms with Crippen LogP contribution in [0.3, 0.4) is 0 Å². The van der Waals surface area contributed by atoms with Gasteiger partial charge in [0.05, 0.1) is 0 Å². The van der Waals surface area contributed by atoms with Crippen molar-refractivity contribution in [3.05, 3.63) is 59.7 Å². The minimum Gasteiger partial charge on any atom is -0.369 e. The van der Waals surface area contributed by atoms with E-state index in [0.29, 0.717) is 12.8 Å². The van der Waals surface area contributed by atoms with Gasteiger partial charge in [-0.1, -0.05) is 6.07 Å². The number of aryl methyl sites for hydroxylation is 2. The zero-order chi connectivity index (χ0) is 17.6. The fourth-order valence-electron chi connectivity index (χ4n) is 3.39. The number of pyridine rings is 1. The summed E-state index contributed by atoms with van der Waals surface area (Å²) in [5, 5.41) is 3.14. The molecular weight excluding hydrogens is 317 g/mol. The Hall–Kier alpha value is -2.43. The molecule has 1 aliphatic rings. The first-order valence-electron chi connectivity index (χ1n) is 8.81. The molecule has 132 valence electrons. The van der Waals surface area contributed by atoms with Crippen LogP contribution in [-0.2, 0) is 11.2 Å². The van der Waals surface area contributed by atoms with Crippen LogP contribution in [0.2, 0.25) is 0 Å². The number of carbonyl (C=O) groups excluding carboxylic acids is 1. The largest absolute Gasteiger partial charge is 0.369 e. The molecule has 1 atom stereocenters. The predicted octanol–water partition coefficient (Wildman–Crippen LogP) is 3.25. The highest BCUT2D eigenvalue weighted by Crippen LogP contribution is 2.24. The van der Waals surface area contributed by atoms with Gasteiger partial charge in [-0.15, -0.1) is 0 Å². The highest BCUT2D eigenvalue weighted by atomic mass is 19.1. The van der Waals surface area contributed by atoms with Crippen molar-refractivity contribution in [2.45, 2.75) is 38.6 Å². The van der Waals surface area contributed by atoms with Crippen LogP contribution in [0.4, 0.5) is 10.1 Å². The van der Waals surface area contributed by atoms with E-state index >= 15 is 0 Å². The standard InChI is InChI=1S/C20H24FN3O/c1-15-12-17(21)7-8-19(15)24-11-3-5-18(14-24)23-20(25)9-6-16-4-2-10-22-13-16/h2,4,7-8,10,12-13,18H,3,5-6,9,11,14H2,1H3,(H,23,25)/t18-/m1/s1. The van der Waals surface area contributed by atoms with Gasteiger partial charge in [-0.2, -0.15) is 0 Å². The third kappa shape index (κ3) is 4.78. The Morgan fingerprint density at radius 1 is 1.40 bits per heavy atom. The Morgan fingerprint density at radius 2 is 2.28 bits per heavy atom. The lowest BCUT2D eigenvalue weighted by molar-refractivity contribution is -0.121. The van der Waals surface area contributed by atoms with Crippen LogP contribution in [0.5, 0.6) is 0 Å². The third-order valence-electron chi connectivity index (χ3n) is 4.65. The van der Waals surface area contributed by atoms with Gasteiger partial charge in [-0.05, 0) is 61.6 Å². The molecule has 2 aromatic rings. The number of carbonyl (C=O) groups is 1. The van der Waals surface area contributed by atoms with E-state index in [1.807, 2.05) is 25.1 Å². The minimum atomic E-state index is -0.210. The van der Waals surface area contributed by atoms with Crippen LogP contribution in [0.15, 0.2) is 42.7 Å². The molecule has 2 heterocycles. The number of hydrogen-bond donors (Lipinski definition) is 1. The van der Waals surface area contributed by atoms with Crippen LogP contribution in [-0.4, -0.2) is 30.0 Å². The molecular formula is C20H24FN3O. The molecule has 0 aliphatic carbocycles. The summed E-state index contributed by atoms with van der Waals surface area (Å²) >= 11 is 0. The van der Waals surface area contributed by atoms with E-state index in [-0.39, 0.29) is 17.8 Å². The Kier molecular flexibility index (Phi) is 5.64. The monoisotopic (exact) mass is 341 g/mol. The molecule has 1 N–H and O–H groups in total. The van der Waals surface area contributed by atoms with Gasteiger partial charge >= 0.3 is 0 Å². The summed E-state index contributed by atoms with van der Waals surface area (Å²) in [5.41, 5.74) is 3.06. The number of amides is 1. The van der Waals surface area contributed by atoms with Gasteiger partial charge in [-0.3, -0.25) is 9.78 Å². The number of halogens is 1. The first kappa shape index (κ1) is 17.4. The second-order valence-electron chi connectivity index (χ2n) is 6.64. The van der Waals surface area contributed by atoms with Crippen molar-refractivity contribution in [2.24, 2.45) is 0 Å². The molecule has 1 aromatic heterocycles. The van der Waals surface area contributed by atoms with Crippen molar-refractivity contribution in [2.75, 3.05) is 18.0 Å². The first-order chi connectivity index (χ1) is 12.1. The van der Waals surface area contributed by atoms with E-state index in [0.717, 1.165) is 42.7 Å². The van der Waals surface area contributed by atoms with Crippen LogP contribution in [0, 0.1) is 12.7 Å². The second-order valence-corrected chi connectivity index (χ2v) is 6.64. The maximum atomic E-state index is 13.3. The molecule has 4 nitrogen and oxygen atoms in total. The Balaban J connectivity index is 1.53. The van der Waals surface area contributed by atoms with Crippen LogP contribution < -0.4 is 10.2 Å². The molecule has 1 amide bonds. The molecule has 1 saturated heterocycles. The SMILES string of the molecule is Cc1cc(F)ccc1N1CCC[C@@H](NC(=O)CCc2cccnc2)C1.